The van der Waals surface area contributed by atoms with E-state index in [1.807, 2.05) is 24.3 Å². The predicted octanol–water partition coefficient (Wildman–Crippen LogP) is 1.39. The van der Waals surface area contributed by atoms with Crippen molar-refractivity contribution in [2.45, 2.75) is 31.1 Å². The fourth-order valence-corrected chi connectivity index (χ4v) is 5.60. The molecule has 166 valence electrons. The molecule has 2 aromatic rings. The number of benzene rings is 1. The molecule has 3 aliphatic rings. The van der Waals surface area contributed by atoms with E-state index in [2.05, 4.69) is 10.1 Å². The maximum Gasteiger partial charge on any atom is 0.231 e. The van der Waals surface area contributed by atoms with E-state index in [-0.39, 0.29) is 23.7 Å². The Balaban J connectivity index is 1.32. The first kappa shape index (κ1) is 20.4. The van der Waals surface area contributed by atoms with Gasteiger partial charge in [0, 0.05) is 37.5 Å². The monoisotopic (exact) mass is 446 g/mol. The first-order valence-corrected chi connectivity index (χ1v) is 12.3. The minimum atomic E-state index is -3.36. The fourth-order valence-electron chi connectivity index (χ4n) is 4.69. The largest absolute Gasteiger partial charge is 0.497 e. The van der Waals surface area contributed by atoms with E-state index < -0.39 is 10.0 Å². The smallest absolute Gasteiger partial charge is 0.231 e. The number of ether oxygens (including phenoxy) is 1. The molecule has 10 heteroatoms. The molecule has 1 unspecified atom stereocenters. The number of methoxy groups -OCH3 is 1. The van der Waals surface area contributed by atoms with Crippen LogP contribution in [0.3, 0.4) is 0 Å². The summed E-state index contributed by atoms with van der Waals surface area (Å²) in [6.45, 7) is 1.63. The molecule has 0 radical (unpaired) electrons. The standard InChI is InChI=1S/C21H26N4O5S/c1-29-16-5-3-4-14(8-16)9-18(26)24-11-21(12-24)13-25(31(2,27)28)10-17(21)20-22-19(23-30-20)15-6-7-15/h3-5,8,15,17H,6-7,9-13H2,1-2H3. The molecule has 5 rings (SSSR count). The first-order valence-electron chi connectivity index (χ1n) is 10.5. The summed E-state index contributed by atoms with van der Waals surface area (Å²) >= 11 is 0. The number of amides is 1. The van der Waals surface area contributed by atoms with E-state index in [4.69, 9.17) is 9.26 Å². The molecule has 1 atom stereocenters. The molecule has 2 saturated heterocycles. The third kappa shape index (κ3) is 3.82. The second kappa shape index (κ2) is 7.30. The highest BCUT2D eigenvalue weighted by Crippen LogP contribution is 2.50. The molecule has 1 amide bonds. The van der Waals surface area contributed by atoms with Gasteiger partial charge >= 0.3 is 0 Å². The Morgan fingerprint density at radius 2 is 2.06 bits per heavy atom. The van der Waals surface area contributed by atoms with Crippen LogP contribution in [0.15, 0.2) is 28.8 Å². The van der Waals surface area contributed by atoms with Gasteiger partial charge in [0.1, 0.15) is 5.75 Å². The van der Waals surface area contributed by atoms with Crippen LogP contribution in [-0.2, 0) is 21.2 Å². The average molecular weight is 447 g/mol. The van der Waals surface area contributed by atoms with Crippen LogP contribution in [0.1, 0.15) is 42.0 Å². The van der Waals surface area contributed by atoms with Crippen molar-refractivity contribution in [1.82, 2.24) is 19.3 Å². The Labute approximate surface area is 181 Å². The van der Waals surface area contributed by atoms with Crippen molar-refractivity contribution in [2.75, 3.05) is 39.5 Å². The number of hydrogen-bond donors (Lipinski definition) is 0. The zero-order chi connectivity index (χ0) is 21.8. The van der Waals surface area contributed by atoms with Gasteiger partial charge in [-0.25, -0.2) is 12.7 Å². The molecular formula is C21H26N4O5S. The Kier molecular flexibility index (Phi) is 4.82. The normalized spacial score (nSPS) is 23.2. The second-order valence-corrected chi connectivity index (χ2v) is 11.0. The van der Waals surface area contributed by atoms with E-state index in [0.29, 0.717) is 49.6 Å². The summed E-state index contributed by atoms with van der Waals surface area (Å²) in [5, 5.41) is 4.11. The molecule has 31 heavy (non-hydrogen) atoms. The summed E-state index contributed by atoms with van der Waals surface area (Å²) in [6.07, 6.45) is 3.63. The van der Waals surface area contributed by atoms with Gasteiger partial charge in [-0.3, -0.25) is 4.79 Å². The first-order chi connectivity index (χ1) is 14.8. The van der Waals surface area contributed by atoms with Gasteiger partial charge in [-0.15, -0.1) is 0 Å². The lowest BCUT2D eigenvalue weighted by Crippen LogP contribution is -2.62. The Bertz CT molecular complexity index is 1100. The van der Waals surface area contributed by atoms with Crippen LogP contribution in [-0.4, -0.2) is 73.2 Å². The zero-order valence-corrected chi connectivity index (χ0v) is 18.5. The number of hydrogen-bond acceptors (Lipinski definition) is 7. The van der Waals surface area contributed by atoms with Crippen LogP contribution >= 0.6 is 0 Å². The Morgan fingerprint density at radius 1 is 1.29 bits per heavy atom. The van der Waals surface area contributed by atoms with Crippen molar-refractivity contribution >= 4 is 15.9 Å². The fraction of sp³-hybridized carbons (Fsp3) is 0.571. The van der Waals surface area contributed by atoms with E-state index >= 15 is 0 Å². The van der Waals surface area contributed by atoms with Gasteiger partial charge < -0.3 is 14.2 Å². The lowest BCUT2D eigenvalue weighted by molar-refractivity contribution is -0.142. The number of nitrogens with zero attached hydrogens (tertiary/aromatic N) is 4. The Hall–Kier alpha value is -2.46. The van der Waals surface area contributed by atoms with Gasteiger partial charge in [0.15, 0.2) is 5.82 Å². The highest BCUT2D eigenvalue weighted by atomic mass is 32.2. The maximum absolute atomic E-state index is 12.9. The van der Waals surface area contributed by atoms with Gasteiger partial charge in [0.2, 0.25) is 21.8 Å². The van der Waals surface area contributed by atoms with Gasteiger partial charge in [-0.2, -0.15) is 4.98 Å². The number of aromatic nitrogens is 2. The second-order valence-electron chi connectivity index (χ2n) is 9.01. The van der Waals surface area contributed by atoms with E-state index in [9.17, 15) is 13.2 Å². The van der Waals surface area contributed by atoms with Crippen molar-refractivity contribution in [3.8, 4) is 5.75 Å². The van der Waals surface area contributed by atoms with Crippen LogP contribution in [0.4, 0.5) is 0 Å². The summed E-state index contributed by atoms with van der Waals surface area (Å²) < 4.78 is 36.8. The van der Waals surface area contributed by atoms with Crippen LogP contribution in [0.25, 0.3) is 0 Å². The van der Waals surface area contributed by atoms with Crippen LogP contribution in [0, 0.1) is 5.41 Å². The number of rotatable bonds is 6. The molecule has 1 aromatic heterocycles. The molecule has 1 saturated carbocycles. The van der Waals surface area contributed by atoms with Crippen molar-refractivity contribution in [3.63, 3.8) is 0 Å². The topological polar surface area (TPSA) is 106 Å². The third-order valence-electron chi connectivity index (χ3n) is 6.64. The molecular weight excluding hydrogens is 420 g/mol. The molecule has 2 aliphatic heterocycles. The van der Waals surface area contributed by atoms with E-state index in [0.717, 1.165) is 18.4 Å². The van der Waals surface area contributed by atoms with Crippen LogP contribution < -0.4 is 4.74 Å². The molecule has 9 nitrogen and oxygen atoms in total. The van der Waals surface area contributed by atoms with Crippen molar-refractivity contribution in [2.24, 2.45) is 5.41 Å². The van der Waals surface area contributed by atoms with Crippen molar-refractivity contribution in [3.05, 3.63) is 41.5 Å². The number of sulfonamides is 1. The molecule has 3 heterocycles. The number of likely N-dealkylation sites (tertiary alicyclic amines) is 1. The molecule has 0 bridgehead atoms. The highest BCUT2D eigenvalue weighted by Gasteiger charge is 2.59. The molecule has 0 N–H and O–H groups in total. The summed E-state index contributed by atoms with van der Waals surface area (Å²) in [5.41, 5.74) is 0.498. The molecule has 1 aliphatic carbocycles. The highest BCUT2D eigenvalue weighted by molar-refractivity contribution is 7.88. The number of carbonyl (C=O) groups is 1. The van der Waals surface area contributed by atoms with Gasteiger partial charge in [-0.1, -0.05) is 17.3 Å². The molecule has 3 fully saturated rings. The summed E-state index contributed by atoms with van der Waals surface area (Å²) in [4.78, 5) is 19.2. The van der Waals surface area contributed by atoms with Crippen molar-refractivity contribution in [1.29, 1.82) is 0 Å². The Morgan fingerprint density at radius 3 is 2.74 bits per heavy atom. The van der Waals surface area contributed by atoms with Gasteiger partial charge in [0.25, 0.3) is 0 Å². The number of carbonyl (C=O) groups excluding carboxylic acids is 1. The summed E-state index contributed by atoms with van der Waals surface area (Å²) in [5.74, 6) is 2.10. The third-order valence-corrected chi connectivity index (χ3v) is 7.85. The van der Waals surface area contributed by atoms with E-state index in [1.54, 1.807) is 12.0 Å². The predicted molar refractivity (Wildman–Crippen MR) is 111 cm³/mol. The quantitative estimate of drug-likeness (QED) is 0.660. The molecule has 1 aromatic carbocycles. The summed E-state index contributed by atoms with van der Waals surface area (Å²) in [6, 6.07) is 7.46. The van der Waals surface area contributed by atoms with Crippen molar-refractivity contribution < 1.29 is 22.5 Å². The lowest BCUT2D eigenvalue weighted by Gasteiger charge is -2.50. The SMILES string of the molecule is COc1cccc(CC(=O)N2CC3(C2)CN(S(C)(=O)=O)CC3c2nc(C3CC3)no2)c1. The zero-order valence-electron chi connectivity index (χ0n) is 17.7. The van der Waals surface area contributed by atoms with Gasteiger partial charge in [-0.05, 0) is 30.5 Å². The van der Waals surface area contributed by atoms with E-state index in [1.165, 1.54) is 10.6 Å². The summed E-state index contributed by atoms with van der Waals surface area (Å²) in [7, 11) is -1.76. The van der Waals surface area contributed by atoms with Crippen LogP contribution in [0.2, 0.25) is 0 Å². The lowest BCUT2D eigenvalue weighted by atomic mass is 9.71. The van der Waals surface area contributed by atoms with Gasteiger partial charge in [0.05, 0.1) is 25.7 Å². The minimum Gasteiger partial charge on any atom is -0.497 e. The minimum absolute atomic E-state index is 0.0135. The van der Waals surface area contributed by atoms with Crippen LogP contribution in [0.5, 0.6) is 5.75 Å². The maximum atomic E-state index is 12.9. The molecule has 1 spiro atoms. The average Bonchev–Trinajstić information content (AvgIpc) is 3.28.